The SMILES string of the molecule is CCC1C(=O)NC(Cc2[nH]c(Cc3[nH]c(CC4NC(=O)C(C)C4CC)c(C)c3CCC(=O)O)c(CCC(=O)O)c2C)C1C. The van der Waals surface area contributed by atoms with E-state index in [-0.39, 0.29) is 60.4 Å². The zero-order valence-electron chi connectivity index (χ0n) is 26.4. The van der Waals surface area contributed by atoms with Gasteiger partial charge in [0.1, 0.15) is 0 Å². The van der Waals surface area contributed by atoms with Crippen LogP contribution in [-0.2, 0) is 51.3 Å². The van der Waals surface area contributed by atoms with Gasteiger partial charge in [0.15, 0.2) is 0 Å². The third kappa shape index (κ3) is 6.83. The van der Waals surface area contributed by atoms with Gasteiger partial charge >= 0.3 is 11.9 Å². The summed E-state index contributed by atoms with van der Waals surface area (Å²) in [6, 6.07) is 0.00186. The first-order chi connectivity index (χ1) is 20.4. The molecule has 6 N–H and O–H groups in total. The van der Waals surface area contributed by atoms with Crippen molar-refractivity contribution < 1.29 is 29.4 Å². The lowest BCUT2D eigenvalue weighted by Crippen LogP contribution is -2.31. The van der Waals surface area contributed by atoms with Crippen LogP contribution in [-0.4, -0.2) is 56.0 Å². The van der Waals surface area contributed by atoms with Crippen LogP contribution in [0.5, 0.6) is 0 Å². The zero-order valence-corrected chi connectivity index (χ0v) is 26.4. The minimum absolute atomic E-state index is 0.00134. The largest absolute Gasteiger partial charge is 0.481 e. The Morgan fingerprint density at radius 1 is 0.721 bits per heavy atom. The molecule has 43 heavy (non-hydrogen) atoms. The van der Waals surface area contributed by atoms with Crippen molar-refractivity contribution in [3.05, 3.63) is 45.0 Å². The molecule has 6 unspecified atom stereocenters. The highest BCUT2D eigenvalue weighted by molar-refractivity contribution is 5.82. The maximum Gasteiger partial charge on any atom is 0.303 e. The zero-order chi connectivity index (χ0) is 31.6. The molecule has 0 radical (unpaired) electrons. The van der Waals surface area contributed by atoms with Gasteiger partial charge in [0, 0.05) is 78.8 Å². The van der Waals surface area contributed by atoms with Crippen LogP contribution in [0.2, 0.25) is 0 Å². The standard InChI is InChI=1S/C33H48N4O6/c1-7-20-19(6)32(42)37-27(20)14-25-18(5)23(10-12-31(40)41)29(35-25)15-28-22(9-11-30(38)39)17(4)24(34-28)13-26-16(3)21(8-2)33(43)36-26/h16,19-21,26-27,34-35H,7-15H2,1-6H3,(H,36,43)(H,37,42)(H,38,39)(H,40,41). The molecule has 4 heterocycles. The number of rotatable bonds is 14. The number of carboxylic acids is 2. The molecule has 2 aromatic heterocycles. The fraction of sp³-hybridized carbons (Fsp3) is 0.636. The molecule has 10 heteroatoms. The van der Waals surface area contributed by atoms with Gasteiger partial charge in [-0.05, 0) is 67.2 Å². The molecule has 2 saturated heterocycles. The van der Waals surface area contributed by atoms with Gasteiger partial charge in [-0.3, -0.25) is 19.2 Å². The van der Waals surface area contributed by atoms with Crippen molar-refractivity contribution in [2.75, 3.05) is 0 Å². The number of aromatic amines is 2. The topological polar surface area (TPSA) is 164 Å². The Labute approximate surface area is 253 Å². The van der Waals surface area contributed by atoms with E-state index in [1.165, 1.54) is 0 Å². The molecular weight excluding hydrogens is 548 g/mol. The smallest absolute Gasteiger partial charge is 0.303 e. The molecular formula is C33H48N4O6. The van der Waals surface area contributed by atoms with Gasteiger partial charge in [-0.2, -0.15) is 0 Å². The monoisotopic (exact) mass is 596 g/mol. The number of carboxylic acid groups (broad SMARTS) is 2. The lowest BCUT2D eigenvalue weighted by Gasteiger charge is -2.19. The summed E-state index contributed by atoms with van der Waals surface area (Å²) in [6.07, 6.45) is 4.17. The van der Waals surface area contributed by atoms with Gasteiger partial charge in [0.05, 0.1) is 0 Å². The number of aliphatic carboxylic acids is 2. The summed E-state index contributed by atoms with van der Waals surface area (Å²) in [5.41, 5.74) is 7.77. The van der Waals surface area contributed by atoms with E-state index in [0.717, 1.165) is 57.9 Å². The molecule has 6 atom stereocenters. The number of H-pyrrole nitrogens is 2. The molecule has 2 fully saturated rings. The van der Waals surface area contributed by atoms with E-state index in [1.807, 2.05) is 27.7 Å². The Morgan fingerprint density at radius 2 is 1.21 bits per heavy atom. The van der Waals surface area contributed by atoms with Gasteiger partial charge in [-0.1, -0.05) is 34.1 Å². The first kappa shape index (κ1) is 32.4. The van der Waals surface area contributed by atoms with Crippen molar-refractivity contribution in [3.8, 4) is 0 Å². The molecule has 0 saturated carbocycles. The number of hydrogen-bond acceptors (Lipinski definition) is 4. The second kappa shape index (κ2) is 13.4. The van der Waals surface area contributed by atoms with Crippen LogP contribution in [0.4, 0.5) is 0 Å². The highest BCUT2D eigenvalue weighted by atomic mass is 16.4. The van der Waals surface area contributed by atoms with E-state index in [1.54, 1.807) is 0 Å². The Balaban J connectivity index is 1.68. The lowest BCUT2D eigenvalue weighted by atomic mass is 9.87. The summed E-state index contributed by atoms with van der Waals surface area (Å²) < 4.78 is 0. The fourth-order valence-corrected chi connectivity index (χ4v) is 7.53. The van der Waals surface area contributed by atoms with Crippen molar-refractivity contribution in [1.29, 1.82) is 0 Å². The van der Waals surface area contributed by atoms with Crippen LogP contribution in [0.25, 0.3) is 0 Å². The number of hydrogen-bond donors (Lipinski definition) is 6. The van der Waals surface area contributed by atoms with Gasteiger partial charge in [-0.15, -0.1) is 0 Å². The summed E-state index contributed by atoms with van der Waals surface area (Å²) in [5, 5.41) is 25.3. The maximum atomic E-state index is 12.5. The average Bonchev–Trinajstić information content (AvgIpc) is 3.59. The Hall–Kier alpha value is -3.56. The quantitative estimate of drug-likeness (QED) is 0.193. The Bertz CT molecular complexity index is 1370. The van der Waals surface area contributed by atoms with Crippen LogP contribution in [0.3, 0.4) is 0 Å². The summed E-state index contributed by atoms with van der Waals surface area (Å²) in [5.74, 6) is -1.22. The van der Waals surface area contributed by atoms with Gasteiger partial charge in [0.25, 0.3) is 0 Å². The summed E-state index contributed by atoms with van der Waals surface area (Å²) >= 11 is 0. The molecule has 2 aliphatic heterocycles. The second-order valence-corrected chi connectivity index (χ2v) is 12.7. The number of nitrogens with one attached hydrogen (secondary N) is 4. The highest BCUT2D eigenvalue weighted by Gasteiger charge is 2.39. The minimum atomic E-state index is -0.867. The molecule has 0 bridgehead atoms. The van der Waals surface area contributed by atoms with Crippen LogP contribution in [0.1, 0.15) is 98.4 Å². The van der Waals surface area contributed by atoms with Crippen LogP contribution < -0.4 is 10.6 Å². The maximum absolute atomic E-state index is 12.5. The second-order valence-electron chi connectivity index (χ2n) is 12.7. The van der Waals surface area contributed by atoms with E-state index in [4.69, 9.17) is 0 Å². The first-order valence-corrected chi connectivity index (χ1v) is 15.8. The minimum Gasteiger partial charge on any atom is -0.481 e. The van der Waals surface area contributed by atoms with Crippen molar-refractivity contribution in [2.24, 2.45) is 23.7 Å². The summed E-state index contributed by atoms with van der Waals surface area (Å²) in [6.45, 7) is 12.2. The molecule has 236 valence electrons. The number of amides is 2. The molecule has 4 rings (SSSR count). The van der Waals surface area contributed by atoms with Gasteiger partial charge in [-0.25, -0.2) is 0 Å². The third-order valence-electron chi connectivity index (χ3n) is 10.3. The predicted molar refractivity (Wildman–Crippen MR) is 163 cm³/mol. The molecule has 0 spiro atoms. The third-order valence-corrected chi connectivity index (χ3v) is 10.3. The molecule has 2 aliphatic rings. The van der Waals surface area contributed by atoms with E-state index >= 15 is 0 Å². The van der Waals surface area contributed by atoms with Crippen LogP contribution in [0.15, 0.2) is 0 Å². The van der Waals surface area contributed by atoms with E-state index < -0.39 is 11.9 Å². The first-order valence-electron chi connectivity index (χ1n) is 15.8. The van der Waals surface area contributed by atoms with E-state index in [2.05, 4.69) is 34.4 Å². The van der Waals surface area contributed by atoms with E-state index in [0.29, 0.717) is 32.1 Å². The van der Waals surface area contributed by atoms with Gasteiger partial charge in [0.2, 0.25) is 11.8 Å². The van der Waals surface area contributed by atoms with Crippen molar-refractivity contribution in [1.82, 2.24) is 20.6 Å². The average molecular weight is 597 g/mol. The molecule has 2 aromatic rings. The molecule has 2 amide bonds. The predicted octanol–water partition coefficient (Wildman–Crippen LogP) is 3.99. The fourth-order valence-electron chi connectivity index (χ4n) is 7.53. The Morgan fingerprint density at radius 3 is 1.65 bits per heavy atom. The van der Waals surface area contributed by atoms with Crippen LogP contribution >= 0.6 is 0 Å². The molecule has 0 aliphatic carbocycles. The van der Waals surface area contributed by atoms with Crippen LogP contribution in [0, 0.1) is 37.5 Å². The lowest BCUT2D eigenvalue weighted by molar-refractivity contribution is -0.138. The van der Waals surface area contributed by atoms with Crippen molar-refractivity contribution >= 4 is 23.8 Å². The van der Waals surface area contributed by atoms with Crippen molar-refractivity contribution in [2.45, 2.75) is 111 Å². The van der Waals surface area contributed by atoms with Crippen molar-refractivity contribution in [3.63, 3.8) is 0 Å². The number of carbonyl (C=O) groups is 4. The summed E-state index contributed by atoms with van der Waals surface area (Å²) in [7, 11) is 0. The molecule has 10 nitrogen and oxygen atoms in total. The molecule has 0 aromatic carbocycles. The number of carbonyl (C=O) groups excluding carboxylic acids is 2. The highest BCUT2D eigenvalue weighted by Crippen LogP contribution is 2.33. The number of aromatic nitrogens is 2. The van der Waals surface area contributed by atoms with E-state index in [9.17, 15) is 29.4 Å². The normalized spacial score (nSPS) is 25.3. The van der Waals surface area contributed by atoms with Gasteiger partial charge < -0.3 is 30.8 Å². The Kier molecular flexibility index (Phi) is 10.1. The summed E-state index contributed by atoms with van der Waals surface area (Å²) in [4.78, 5) is 55.3.